The van der Waals surface area contributed by atoms with E-state index in [9.17, 15) is 9.59 Å². The molecule has 162 valence electrons. The summed E-state index contributed by atoms with van der Waals surface area (Å²) in [6.07, 6.45) is 9.34. The van der Waals surface area contributed by atoms with E-state index in [1.54, 1.807) is 31.2 Å². The van der Waals surface area contributed by atoms with Crippen LogP contribution in [0.5, 0.6) is 0 Å². The van der Waals surface area contributed by atoms with Gasteiger partial charge < -0.3 is 9.47 Å². The quantitative estimate of drug-likeness (QED) is 0.498. The van der Waals surface area contributed by atoms with Gasteiger partial charge in [-0.1, -0.05) is 70.2 Å². The maximum Gasteiger partial charge on any atom is 0.324 e. The molecule has 1 aromatic carbocycles. The second-order valence-corrected chi connectivity index (χ2v) is 9.61. The van der Waals surface area contributed by atoms with Crippen LogP contribution in [0.3, 0.4) is 0 Å². The van der Waals surface area contributed by atoms with Gasteiger partial charge in [-0.15, -0.1) is 0 Å². The smallest absolute Gasteiger partial charge is 0.324 e. The van der Waals surface area contributed by atoms with Crippen molar-refractivity contribution in [2.75, 3.05) is 13.2 Å². The summed E-state index contributed by atoms with van der Waals surface area (Å²) in [6.45, 7) is 13.3. The van der Waals surface area contributed by atoms with Crippen LogP contribution in [0, 0.1) is 5.92 Å². The minimum atomic E-state index is -1.04. The second kappa shape index (κ2) is 8.05. The van der Waals surface area contributed by atoms with Crippen molar-refractivity contribution in [1.82, 2.24) is 0 Å². The van der Waals surface area contributed by atoms with Gasteiger partial charge in [-0.3, -0.25) is 9.59 Å². The topological polar surface area (TPSA) is 52.6 Å². The molecule has 0 aliphatic heterocycles. The fourth-order valence-corrected chi connectivity index (χ4v) is 4.57. The Labute approximate surface area is 180 Å². The van der Waals surface area contributed by atoms with Gasteiger partial charge >= 0.3 is 11.9 Å². The van der Waals surface area contributed by atoms with Crippen molar-refractivity contribution < 1.29 is 19.1 Å². The van der Waals surface area contributed by atoms with Crippen LogP contribution in [0.15, 0.2) is 42.5 Å². The number of benzene rings is 1. The van der Waals surface area contributed by atoms with Crippen molar-refractivity contribution in [1.29, 1.82) is 0 Å². The van der Waals surface area contributed by atoms with Gasteiger partial charge in [0.25, 0.3) is 0 Å². The van der Waals surface area contributed by atoms with Crippen molar-refractivity contribution in [3.63, 3.8) is 0 Å². The van der Waals surface area contributed by atoms with E-state index in [1.807, 2.05) is 13.0 Å². The Balaban J connectivity index is 2.09. The monoisotopic (exact) mass is 410 g/mol. The number of rotatable bonds is 5. The van der Waals surface area contributed by atoms with Crippen molar-refractivity contribution in [2.45, 2.75) is 70.6 Å². The molecule has 0 atom stereocenters. The van der Waals surface area contributed by atoms with Gasteiger partial charge in [0.15, 0.2) is 0 Å². The van der Waals surface area contributed by atoms with Crippen molar-refractivity contribution in [2.24, 2.45) is 5.92 Å². The Bertz CT molecular complexity index is 874. The summed E-state index contributed by atoms with van der Waals surface area (Å²) in [6, 6.07) is 6.39. The predicted octanol–water partition coefficient (Wildman–Crippen LogP) is 5.14. The molecule has 0 heterocycles. The lowest BCUT2D eigenvalue weighted by molar-refractivity contribution is -0.147. The molecule has 2 aliphatic carbocycles. The van der Waals surface area contributed by atoms with E-state index < -0.39 is 11.3 Å². The molecule has 4 nitrogen and oxygen atoms in total. The highest BCUT2D eigenvalue weighted by atomic mass is 16.5. The summed E-state index contributed by atoms with van der Waals surface area (Å²) < 4.78 is 10.6. The van der Waals surface area contributed by atoms with Crippen molar-refractivity contribution in [3.8, 4) is 0 Å². The number of ether oxygens (including phenoxy) is 2. The van der Waals surface area contributed by atoms with E-state index >= 15 is 0 Å². The van der Waals surface area contributed by atoms with E-state index in [-0.39, 0.29) is 22.8 Å². The number of carbonyl (C=O) groups excluding carboxylic acids is 2. The van der Waals surface area contributed by atoms with Crippen molar-refractivity contribution >= 4 is 11.9 Å². The molecule has 0 saturated heterocycles. The minimum absolute atomic E-state index is 0.0340. The number of fused-ring (bicyclic) bond motifs is 1. The summed E-state index contributed by atoms with van der Waals surface area (Å²) in [5, 5.41) is 0. The van der Waals surface area contributed by atoms with Crippen LogP contribution in [0.4, 0.5) is 0 Å². The Kier molecular flexibility index (Phi) is 5.99. The molecule has 0 bridgehead atoms. The summed E-state index contributed by atoms with van der Waals surface area (Å²) in [4.78, 5) is 25.3. The molecule has 0 radical (unpaired) electrons. The zero-order chi connectivity index (χ0) is 22.2. The van der Waals surface area contributed by atoms with Gasteiger partial charge in [0.05, 0.1) is 19.1 Å². The average molecular weight is 411 g/mol. The lowest BCUT2D eigenvalue weighted by Crippen LogP contribution is -2.38. The van der Waals surface area contributed by atoms with Crippen LogP contribution in [-0.2, 0) is 35.3 Å². The molecule has 0 amide bonds. The van der Waals surface area contributed by atoms with Gasteiger partial charge in [-0.25, -0.2) is 0 Å². The van der Waals surface area contributed by atoms with Crippen LogP contribution in [-0.4, -0.2) is 25.2 Å². The molecule has 30 heavy (non-hydrogen) atoms. The number of hydrogen-bond donors (Lipinski definition) is 0. The van der Waals surface area contributed by atoms with Gasteiger partial charge in [0, 0.05) is 0 Å². The summed E-state index contributed by atoms with van der Waals surface area (Å²) in [7, 11) is 0. The van der Waals surface area contributed by atoms with Crippen LogP contribution >= 0.6 is 0 Å². The molecule has 2 aliphatic rings. The third kappa shape index (κ3) is 3.84. The van der Waals surface area contributed by atoms with Crippen LogP contribution in [0.2, 0.25) is 0 Å². The molecule has 4 heteroatoms. The molecule has 0 unspecified atom stereocenters. The first-order chi connectivity index (χ1) is 14.1. The Morgan fingerprint density at radius 3 is 2.03 bits per heavy atom. The molecular formula is C26H34O4. The summed E-state index contributed by atoms with van der Waals surface area (Å²) in [5.41, 5.74) is 2.61. The fraction of sp³-hybridized carbons (Fsp3) is 0.538. The van der Waals surface area contributed by atoms with E-state index in [0.717, 1.165) is 18.4 Å². The molecule has 0 saturated carbocycles. The van der Waals surface area contributed by atoms with Crippen LogP contribution in [0.1, 0.15) is 71.1 Å². The highest BCUT2D eigenvalue weighted by Crippen LogP contribution is 2.47. The maximum absolute atomic E-state index is 13.1. The van der Waals surface area contributed by atoms with Gasteiger partial charge in [0.2, 0.25) is 0 Å². The highest BCUT2D eigenvalue weighted by molar-refractivity contribution is 5.90. The fourth-order valence-electron chi connectivity index (χ4n) is 4.57. The van der Waals surface area contributed by atoms with E-state index in [0.29, 0.717) is 13.2 Å². The first-order valence-corrected chi connectivity index (χ1v) is 11.0. The van der Waals surface area contributed by atoms with Gasteiger partial charge in [0.1, 0.15) is 5.41 Å². The number of carbonyl (C=O) groups is 2. The van der Waals surface area contributed by atoms with Crippen LogP contribution < -0.4 is 0 Å². The lowest BCUT2D eigenvalue weighted by Gasteiger charge is -2.42. The molecule has 3 rings (SSSR count). The summed E-state index contributed by atoms with van der Waals surface area (Å²) >= 11 is 0. The minimum Gasteiger partial charge on any atom is -0.465 e. The zero-order valence-electron chi connectivity index (χ0n) is 19.1. The lowest BCUT2D eigenvalue weighted by atomic mass is 9.62. The molecule has 0 N–H and O–H groups in total. The molecule has 0 spiro atoms. The largest absolute Gasteiger partial charge is 0.465 e. The van der Waals surface area contributed by atoms with Gasteiger partial charge in [-0.2, -0.15) is 0 Å². The normalized spacial score (nSPS) is 26.0. The Morgan fingerprint density at radius 2 is 1.47 bits per heavy atom. The number of esters is 2. The Hall–Kier alpha value is -2.36. The third-order valence-electron chi connectivity index (χ3n) is 6.64. The Morgan fingerprint density at radius 1 is 0.900 bits per heavy atom. The SMILES string of the molecule is CCOC(=O)C1C=CC(C(=O)OCC)(c2ccc3c(c2)C(C)(C)CCC3(C)C)C=C1. The van der Waals surface area contributed by atoms with Crippen LogP contribution in [0.25, 0.3) is 0 Å². The van der Waals surface area contributed by atoms with Crippen molar-refractivity contribution in [3.05, 3.63) is 59.2 Å². The molecular weight excluding hydrogens is 376 g/mol. The first-order valence-electron chi connectivity index (χ1n) is 11.0. The first kappa shape index (κ1) is 22.3. The molecule has 0 aromatic heterocycles. The third-order valence-corrected chi connectivity index (χ3v) is 6.64. The predicted molar refractivity (Wildman–Crippen MR) is 118 cm³/mol. The number of hydrogen-bond acceptors (Lipinski definition) is 4. The van der Waals surface area contributed by atoms with E-state index in [1.165, 1.54) is 11.1 Å². The zero-order valence-corrected chi connectivity index (χ0v) is 19.1. The maximum atomic E-state index is 13.1. The van der Waals surface area contributed by atoms with Gasteiger partial charge in [-0.05, 0) is 54.2 Å². The standard InChI is InChI=1S/C26H34O4/c1-7-29-22(27)18-11-13-26(14-12-18,23(28)30-8-2)19-9-10-20-21(17-19)25(5,6)16-15-24(20,3)4/h9-14,17-18H,7-8,15-16H2,1-6H3. The van der Waals surface area contributed by atoms with E-state index in [2.05, 4.69) is 39.8 Å². The molecule has 1 aromatic rings. The average Bonchev–Trinajstić information content (AvgIpc) is 2.71. The second-order valence-electron chi connectivity index (χ2n) is 9.61. The highest BCUT2D eigenvalue weighted by Gasteiger charge is 2.43. The summed E-state index contributed by atoms with van der Waals surface area (Å²) in [5.74, 6) is -1.12. The molecule has 0 fully saturated rings. The van der Waals surface area contributed by atoms with E-state index in [4.69, 9.17) is 9.47 Å².